The van der Waals surface area contributed by atoms with E-state index in [1.165, 1.54) is 154 Å². The van der Waals surface area contributed by atoms with Gasteiger partial charge < -0.3 is 43.8 Å². The highest BCUT2D eigenvalue weighted by molar-refractivity contribution is 4.87. The fourth-order valence-electron chi connectivity index (χ4n) is 7.18. The first-order chi connectivity index (χ1) is 22.7. The number of quaternary nitrogens is 2. The van der Waals surface area contributed by atoms with E-state index in [-0.39, 0.29) is 34.0 Å². The zero-order valence-electron chi connectivity index (χ0n) is 36.7. The first kappa shape index (κ1) is 57.1. The Hall–Kier alpha value is 0.360. The lowest BCUT2D eigenvalue weighted by atomic mass is 9.71. The van der Waals surface area contributed by atoms with Gasteiger partial charge in [0, 0.05) is 10.8 Å². The quantitative estimate of drug-likeness (QED) is 0.0575. The SMILES string of the molecule is C=CC[NH+](CCCCCCCCCCCC)C(C)(C)C(C)(C)CC.C=CC[NH+](CCCCCCCCCCCC)C(C)(C)C(C)(C)CC.[Br-].[Br-]. The monoisotopic (exact) mass is 835 g/mol. The van der Waals surface area contributed by atoms with Crippen LogP contribution in [0.3, 0.4) is 0 Å². The molecule has 0 fully saturated rings. The minimum absolute atomic E-state index is 0. The molecule has 304 valence electrons. The van der Waals surface area contributed by atoms with Gasteiger partial charge in [0.25, 0.3) is 0 Å². The fourth-order valence-corrected chi connectivity index (χ4v) is 7.18. The van der Waals surface area contributed by atoms with E-state index in [9.17, 15) is 0 Å². The van der Waals surface area contributed by atoms with Gasteiger partial charge in [-0.1, -0.05) is 171 Å². The molecule has 0 rings (SSSR count). The van der Waals surface area contributed by atoms with Crippen LogP contribution in [0.5, 0.6) is 0 Å². The van der Waals surface area contributed by atoms with Crippen LogP contribution in [0.1, 0.15) is 224 Å². The van der Waals surface area contributed by atoms with Crippen molar-refractivity contribution in [3.8, 4) is 0 Å². The zero-order valence-corrected chi connectivity index (χ0v) is 39.9. The summed E-state index contributed by atoms with van der Waals surface area (Å²) in [4.78, 5) is 3.42. The number of hydrogen-bond acceptors (Lipinski definition) is 0. The number of unbranched alkanes of at least 4 members (excludes halogenated alkanes) is 18. The molecule has 0 heterocycles. The second kappa shape index (κ2) is 33.9. The number of nitrogens with one attached hydrogen (secondary N) is 2. The van der Waals surface area contributed by atoms with Gasteiger partial charge in [0.05, 0.1) is 37.3 Å². The van der Waals surface area contributed by atoms with E-state index in [2.05, 4.69) is 108 Å². The van der Waals surface area contributed by atoms with Crippen molar-refractivity contribution in [3.05, 3.63) is 25.3 Å². The molecule has 2 N–H and O–H groups in total. The van der Waals surface area contributed by atoms with Gasteiger partial charge in [-0.05, 0) is 78.4 Å². The van der Waals surface area contributed by atoms with Gasteiger partial charge in [0.2, 0.25) is 0 Å². The molecule has 0 saturated carbocycles. The van der Waals surface area contributed by atoms with Crippen molar-refractivity contribution in [2.75, 3.05) is 26.2 Å². The molecule has 4 heteroatoms. The summed E-state index contributed by atoms with van der Waals surface area (Å²) < 4.78 is 0. The number of halogens is 2. The Morgan fingerprint density at radius 2 is 0.600 bits per heavy atom. The normalized spacial score (nSPS) is 13.4. The molecule has 0 aliphatic heterocycles. The Morgan fingerprint density at radius 1 is 0.380 bits per heavy atom. The smallest absolute Gasteiger partial charge is 0.0973 e. The van der Waals surface area contributed by atoms with Gasteiger partial charge in [-0.3, -0.25) is 0 Å². The van der Waals surface area contributed by atoms with Crippen molar-refractivity contribution in [2.45, 2.75) is 235 Å². The molecular formula is C46H96Br2N2. The van der Waals surface area contributed by atoms with Crippen LogP contribution in [-0.2, 0) is 0 Å². The third kappa shape index (κ3) is 24.6. The number of hydrogen-bond donors (Lipinski definition) is 2. The van der Waals surface area contributed by atoms with Crippen LogP contribution in [0.15, 0.2) is 25.3 Å². The Morgan fingerprint density at radius 3 is 0.800 bits per heavy atom. The molecule has 0 aliphatic carbocycles. The molecule has 0 spiro atoms. The van der Waals surface area contributed by atoms with E-state index in [4.69, 9.17) is 0 Å². The van der Waals surface area contributed by atoms with Gasteiger partial charge in [-0.2, -0.15) is 0 Å². The molecule has 2 nitrogen and oxygen atoms in total. The van der Waals surface area contributed by atoms with Gasteiger partial charge in [-0.25, -0.2) is 0 Å². The molecule has 2 atom stereocenters. The molecule has 0 aliphatic rings. The van der Waals surface area contributed by atoms with Crippen molar-refractivity contribution in [1.29, 1.82) is 0 Å². The Balaban J connectivity index is -0.000000407. The Labute approximate surface area is 339 Å². The van der Waals surface area contributed by atoms with Crippen LogP contribution in [0, 0.1) is 10.8 Å². The van der Waals surface area contributed by atoms with E-state index < -0.39 is 0 Å². The summed E-state index contributed by atoms with van der Waals surface area (Å²) in [5, 5.41) is 0. The standard InChI is InChI=1S/2C23H47N.2BrH/c2*1-8-11-12-13-14-15-16-17-18-19-21-24(20-9-2)23(6,7)22(4,5)10-3;;/h2*9H,2,8,10-21H2,1,3-7H3;2*1H. The molecule has 50 heavy (non-hydrogen) atoms. The Kier molecular flexibility index (Phi) is 38.7. The topological polar surface area (TPSA) is 8.88 Å². The summed E-state index contributed by atoms with van der Waals surface area (Å²) in [7, 11) is 0. The van der Waals surface area contributed by atoms with Crippen LogP contribution in [0.25, 0.3) is 0 Å². The van der Waals surface area contributed by atoms with Crippen molar-refractivity contribution >= 4 is 0 Å². The lowest BCUT2D eigenvalue weighted by molar-refractivity contribution is -0.952. The summed E-state index contributed by atoms with van der Waals surface area (Å²) >= 11 is 0. The molecule has 0 bridgehead atoms. The van der Waals surface area contributed by atoms with Crippen LogP contribution in [0.4, 0.5) is 0 Å². The summed E-state index contributed by atoms with van der Waals surface area (Å²) in [5.41, 5.74) is 1.33. The minimum atomic E-state index is 0. The average Bonchev–Trinajstić information content (AvgIpc) is 3.05. The van der Waals surface area contributed by atoms with Gasteiger partial charge in [0.15, 0.2) is 0 Å². The predicted molar refractivity (Wildman–Crippen MR) is 222 cm³/mol. The van der Waals surface area contributed by atoms with Gasteiger partial charge >= 0.3 is 0 Å². The van der Waals surface area contributed by atoms with Crippen molar-refractivity contribution in [2.24, 2.45) is 10.8 Å². The summed E-state index contributed by atoms with van der Waals surface area (Å²) in [5.74, 6) is 0. The molecule has 0 amide bonds. The maximum Gasteiger partial charge on any atom is 0.0973 e. The largest absolute Gasteiger partial charge is 1.00 e. The first-order valence-corrected chi connectivity index (χ1v) is 21.6. The highest BCUT2D eigenvalue weighted by Crippen LogP contribution is 2.32. The van der Waals surface area contributed by atoms with Gasteiger partial charge in [0.1, 0.15) is 0 Å². The van der Waals surface area contributed by atoms with Crippen LogP contribution in [0.2, 0.25) is 0 Å². The predicted octanol–water partition coefficient (Wildman–Crippen LogP) is 6.39. The summed E-state index contributed by atoms with van der Waals surface area (Å²) in [6, 6.07) is 0. The second-order valence-corrected chi connectivity index (χ2v) is 17.8. The van der Waals surface area contributed by atoms with E-state index in [1.54, 1.807) is 9.80 Å². The molecule has 0 aromatic rings. The maximum absolute atomic E-state index is 4.00. The highest BCUT2D eigenvalue weighted by Gasteiger charge is 2.44. The highest BCUT2D eigenvalue weighted by atomic mass is 79.9. The molecule has 0 radical (unpaired) electrons. The Bertz CT molecular complexity index is 680. The third-order valence-corrected chi connectivity index (χ3v) is 13.4. The first-order valence-electron chi connectivity index (χ1n) is 21.6. The second-order valence-electron chi connectivity index (χ2n) is 17.8. The summed E-state index contributed by atoms with van der Waals surface area (Å²) in [6.45, 7) is 41.5. The molecule has 2 unspecified atom stereocenters. The number of rotatable bonds is 32. The third-order valence-electron chi connectivity index (χ3n) is 13.4. The molecule has 0 saturated heterocycles. The lowest BCUT2D eigenvalue weighted by Crippen LogP contribution is -3.20. The van der Waals surface area contributed by atoms with Crippen LogP contribution < -0.4 is 43.8 Å². The molecule has 0 aromatic heterocycles. The average molecular weight is 837 g/mol. The van der Waals surface area contributed by atoms with E-state index in [1.807, 2.05) is 0 Å². The fraction of sp³-hybridized carbons (Fsp3) is 0.913. The van der Waals surface area contributed by atoms with Crippen LogP contribution in [-0.4, -0.2) is 37.3 Å². The molecular weight excluding hydrogens is 740 g/mol. The lowest BCUT2D eigenvalue weighted by Gasteiger charge is -2.46. The van der Waals surface area contributed by atoms with E-state index in [0.29, 0.717) is 21.9 Å². The van der Waals surface area contributed by atoms with Crippen molar-refractivity contribution in [3.63, 3.8) is 0 Å². The van der Waals surface area contributed by atoms with E-state index >= 15 is 0 Å². The van der Waals surface area contributed by atoms with Crippen molar-refractivity contribution in [1.82, 2.24) is 0 Å². The zero-order chi connectivity index (χ0) is 37.0. The minimum Gasteiger partial charge on any atom is -1.00 e. The summed E-state index contributed by atoms with van der Waals surface area (Å²) in [6.07, 6.45) is 35.1. The maximum atomic E-state index is 4.00. The molecule has 0 aromatic carbocycles. The van der Waals surface area contributed by atoms with Crippen molar-refractivity contribution < 1.29 is 43.8 Å². The van der Waals surface area contributed by atoms with E-state index in [0.717, 1.165) is 13.1 Å². The van der Waals surface area contributed by atoms with Crippen LogP contribution >= 0.6 is 0 Å². The van der Waals surface area contributed by atoms with Gasteiger partial charge in [-0.15, -0.1) is 0 Å².